The molecule has 2 N–H and O–H groups in total. The highest BCUT2D eigenvalue weighted by atomic mass is 16.5. The van der Waals surface area contributed by atoms with Gasteiger partial charge in [-0.05, 0) is 65.6 Å². The fourth-order valence-electron chi connectivity index (χ4n) is 3.33. The molecule has 0 amide bonds. The average Bonchev–Trinajstić information content (AvgIpc) is 2.73. The molecule has 0 saturated carbocycles. The number of allylic oxidation sites excluding steroid dienone is 1. The highest BCUT2D eigenvalue weighted by Crippen LogP contribution is 2.35. The summed E-state index contributed by atoms with van der Waals surface area (Å²) in [6.07, 6.45) is 0.875. The molecule has 0 heterocycles. The molecule has 3 rings (SSSR count). The van der Waals surface area contributed by atoms with Gasteiger partial charge in [0.1, 0.15) is 18.1 Å². The lowest BCUT2D eigenvalue weighted by Crippen LogP contribution is -2.15. The van der Waals surface area contributed by atoms with Crippen molar-refractivity contribution < 1.29 is 9.84 Å². The molecule has 3 aromatic rings. The van der Waals surface area contributed by atoms with Gasteiger partial charge in [-0.15, -0.1) is 0 Å². The highest BCUT2D eigenvalue weighted by Gasteiger charge is 2.13. The predicted molar refractivity (Wildman–Crippen MR) is 117 cm³/mol. The number of hydrogen-bond donors (Lipinski definition) is 2. The third-order valence-electron chi connectivity index (χ3n) is 4.68. The van der Waals surface area contributed by atoms with E-state index in [-0.39, 0.29) is 5.75 Å². The van der Waals surface area contributed by atoms with Crippen molar-refractivity contribution in [3.05, 3.63) is 95.6 Å². The molecule has 0 fully saturated rings. The van der Waals surface area contributed by atoms with E-state index in [4.69, 9.17) is 4.74 Å². The Kier molecular flexibility index (Phi) is 6.88. The van der Waals surface area contributed by atoms with Crippen LogP contribution in [0.4, 0.5) is 0 Å². The summed E-state index contributed by atoms with van der Waals surface area (Å²) in [5.41, 5.74) is 5.68. The van der Waals surface area contributed by atoms with E-state index in [9.17, 15) is 5.11 Å². The van der Waals surface area contributed by atoms with Gasteiger partial charge in [-0.3, -0.25) is 0 Å². The lowest BCUT2D eigenvalue weighted by molar-refractivity contribution is 0.318. The molecule has 28 heavy (non-hydrogen) atoms. The largest absolute Gasteiger partial charge is 0.508 e. The maximum Gasteiger partial charge on any atom is 0.119 e. The van der Waals surface area contributed by atoms with E-state index < -0.39 is 0 Å². The maximum atomic E-state index is 10.0. The first-order valence-corrected chi connectivity index (χ1v) is 9.68. The predicted octanol–water partition coefficient (Wildman–Crippen LogP) is 5.36. The Morgan fingerprint density at radius 3 is 2.21 bits per heavy atom. The van der Waals surface area contributed by atoms with E-state index in [2.05, 4.69) is 36.5 Å². The molecular formula is C25H27NO2. The van der Waals surface area contributed by atoms with Gasteiger partial charge in [0.25, 0.3) is 0 Å². The van der Waals surface area contributed by atoms with Gasteiger partial charge in [-0.1, -0.05) is 61.5 Å². The van der Waals surface area contributed by atoms with Gasteiger partial charge in [0.2, 0.25) is 0 Å². The second kappa shape index (κ2) is 9.77. The lowest BCUT2D eigenvalue weighted by atomic mass is 9.88. The van der Waals surface area contributed by atoms with Crippen LogP contribution in [0.1, 0.15) is 30.0 Å². The standard InChI is InChI=1S/C25H27NO2/c1-3-24(19-12-14-23(15-13-19)28-17-16-26-2)25(20-8-5-4-6-9-20)21-10-7-11-22(27)18-21/h4-15,18,26-27H,3,16-17H2,1-2H3/b25-24-. The zero-order valence-electron chi connectivity index (χ0n) is 16.5. The van der Waals surface area contributed by atoms with Crippen LogP contribution in [-0.4, -0.2) is 25.3 Å². The molecular weight excluding hydrogens is 346 g/mol. The van der Waals surface area contributed by atoms with Crippen LogP contribution in [0.3, 0.4) is 0 Å². The van der Waals surface area contributed by atoms with E-state index in [1.54, 1.807) is 6.07 Å². The Morgan fingerprint density at radius 1 is 0.857 bits per heavy atom. The van der Waals surface area contributed by atoms with E-state index in [0.717, 1.165) is 41.0 Å². The van der Waals surface area contributed by atoms with Gasteiger partial charge >= 0.3 is 0 Å². The molecule has 0 radical (unpaired) electrons. The Hall–Kier alpha value is -3.04. The van der Waals surface area contributed by atoms with Gasteiger partial charge in [-0.25, -0.2) is 0 Å². The molecule has 144 valence electrons. The average molecular weight is 373 g/mol. The van der Waals surface area contributed by atoms with Crippen molar-refractivity contribution in [2.24, 2.45) is 0 Å². The smallest absolute Gasteiger partial charge is 0.119 e. The van der Waals surface area contributed by atoms with Gasteiger partial charge in [0.05, 0.1) is 0 Å². The third kappa shape index (κ3) is 4.81. The molecule has 3 nitrogen and oxygen atoms in total. The molecule has 0 aliphatic carbocycles. The molecule has 3 aromatic carbocycles. The summed E-state index contributed by atoms with van der Waals surface area (Å²) in [4.78, 5) is 0. The van der Waals surface area contributed by atoms with Crippen LogP contribution in [0.2, 0.25) is 0 Å². The zero-order valence-corrected chi connectivity index (χ0v) is 16.5. The molecule has 0 spiro atoms. The second-order valence-electron chi connectivity index (χ2n) is 6.60. The first-order valence-electron chi connectivity index (χ1n) is 9.68. The van der Waals surface area contributed by atoms with Gasteiger partial charge < -0.3 is 15.2 Å². The van der Waals surface area contributed by atoms with Crippen molar-refractivity contribution in [2.75, 3.05) is 20.2 Å². The number of nitrogens with one attached hydrogen (secondary N) is 1. The van der Waals surface area contributed by atoms with Crippen LogP contribution in [0.5, 0.6) is 11.5 Å². The summed E-state index contributed by atoms with van der Waals surface area (Å²) in [5.74, 6) is 1.14. The number of phenolic OH excluding ortho intramolecular Hbond substituents is 1. The summed E-state index contributed by atoms with van der Waals surface area (Å²) in [5, 5.41) is 13.1. The van der Waals surface area contributed by atoms with E-state index in [0.29, 0.717) is 6.61 Å². The van der Waals surface area contributed by atoms with Crippen molar-refractivity contribution in [2.45, 2.75) is 13.3 Å². The fraction of sp³-hybridized carbons (Fsp3) is 0.200. The third-order valence-corrected chi connectivity index (χ3v) is 4.68. The van der Waals surface area contributed by atoms with Crippen LogP contribution in [-0.2, 0) is 0 Å². The van der Waals surface area contributed by atoms with Crippen LogP contribution in [0, 0.1) is 0 Å². The number of phenols is 1. The van der Waals surface area contributed by atoms with Crippen molar-refractivity contribution in [1.29, 1.82) is 0 Å². The molecule has 0 aromatic heterocycles. The van der Waals surface area contributed by atoms with E-state index in [1.807, 2.05) is 55.6 Å². The number of aromatic hydroxyl groups is 1. The molecule has 0 unspecified atom stereocenters. The molecule has 0 saturated heterocycles. The summed E-state index contributed by atoms with van der Waals surface area (Å²) in [7, 11) is 1.91. The number of rotatable bonds is 8. The summed E-state index contributed by atoms with van der Waals surface area (Å²) >= 11 is 0. The van der Waals surface area contributed by atoms with Crippen molar-refractivity contribution >= 4 is 11.1 Å². The molecule has 0 atom stereocenters. The van der Waals surface area contributed by atoms with Gasteiger partial charge in [0.15, 0.2) is 0 Å². The van der Waals surface area contributed by atoms with Crippen LogP contribution >= 0.6 is 0 Å². The van der Waals surface area contributed by atoms with E-state index >= 15 is 0 Å². The Labute approximate surface area is 167 Å². The first-order chi connectivity index (χ1) is 13.7. The normalized spacial score (nSPS) is 11.8. The van der Waals surface area contributed by atoms with Crippen molar-refractivity contribution in [1.82, 2.24) is 5.32 Å². The number of hydrogen-bond acceptors (Lipinski definition) is 3. The lowest BCUT2D eigenvalue weighted by Gasteiger charge is -2.17. The highest BCUT2D eigenvalue weighted by molar-refractivity contribution is 5.98. The zero-order chi connectivity index (χ0) is 19.8. The summed E-state index contributed by atoms with van der Waals surface area (Å²) in [6.45, 7) is 3.63. The monoisotopic (exact) mass is 373 g/mol. The summed E-state index contributed by atoms with van der Waals surface area (Å²) < 4.78 is 5.75. The maximum absolute atomic E-state index is 10.0. The summed E-state index contributed by atoms with van der Waals surface area (Å²) in [6, 6.07) is 26.1. The Balaban J connectivity index is 2.06. The molecule has 3 heteroatoms. The minimum atomic E-state index is 0.273. The van der Waals surface area contributed by atoms with Crippen LogP contribution < -0.4 is 10.1 Å². The first kappa shape index (κ1) is 19.7. The SMILES string of the molecule is CC/C(=C(\c1ccccc1)c1cccc(O)c1)c1ccc(OCCNC)cc1. The van der Waals surface area contributed by atoms with Crippen molar-refractivity contribution in [3.8, 4) is 11.5 Å². The van der Waals surface area contributed by atoms with Gasteiger partial charge in [0, 0.05) is 6.54 Å². The molecule has 0 aliphatic heterocycles. The minimum absolute atomic E-state index is 0.273. The van der Waals surface area contributed by atoms with Gasteiger partial charge in [-0.2, -0.15) is 0 Å². The minimum Gasteiger partial charge on any atom is -0.508 e. The second-order valence-corrected chi connectivity index (χ2v) is 6.60. The van der Waals surface area contributed by atoms with Crippen LogP contribution in [0.15, 0.2) is 78.9 Å². The van der Waals surface area contributed by atoms with Crippen LogP contribution in [0.25, 0.3) is 11.1 Å². The fourth-order valence-corrected chi connectivity index (χ4v) is 3.33. The number of likely N-dealkylation sites (N-methyl/N-ethyl adjacent to an activating group) is 1. The number of benzene rings is 3. The van der Waals surface area contributed by atoms with Crippen molar-refractivity contribution in [3.63, 3.8) is 0 Å². The topological polar surface area (TPSA) is 41.5 Å². The quantitative estimate of drug-likeness (QED) is 0.413. The Morgan fingerprint density at radius 2 is 1.57 bits per heavy atom. The number of ether oxygens (including phenoxy) is 1. The molecule has 0 bridgehead atoms. The van der Waals surface area contributed by atoms with E-state index in [1.165, 1.54) is 5.57 Å². The molecule has 0 aliphatic rings. The Bertz CT molecular complexity index is 915.